The average molecular weight is 319 g/mol. The van der Waals surface area contributed by atoms with Crippen LogP contribution >= 0.6 is 11.8 Å². The van der Waals surface area contributed by atoms with Crippen LogP contribution < -0.4 is 9.46 Å². The Kier molecular flexibility index (Phi) is 7.36. The zero-order valence-electron chi connectivity index (χ0n) is 11.8. The molecule has 0 spiro atoms. The lowest BCUT2D eigenvalue weighted by Crippen LogP contribution is -2.26. The summed E-state index contributed by atoms with van der Waals surface area (Å²) in [5, 5.41) is 9.32. The number of aliphatic hydroxyl groups excluding tert-OH is 1. The number of hydrogen-bond donors (Lipinski definition) is 2. The molecule has 0 aromatic heterocycles. The largest absolute Gasteiger partial charge is 0.493 e. The van der Waals surface area contributed by atoms with Crippen LogP contribution in [-0.2, 0) is 16.6 Å². The summed E-state index contributed by atoms with van der Waals surface area (Å²) in [6.07, 6.45) is 2.76. The lowest BCUT2D eigenvalue weighted by Gasteiger charge is -2.12. The summed E-state index contributed by atoms with van der Waals surface area (Å²) in [5.74, 6) is 1.24. The van der Waals surface area contributed by atoms with Crippen LogP contribution in [0.3, 0.4) is 0 Å². The standard InChI is InChI=1S/C13H21NO4S2/c1-3-7-18-13-5-4-12(9-11(13)10-15)20(16,17)14-6-8-19-2/h4-5,9,14-15H,3,6-8,10H2,1-2H3. The molecule has 0 radical (unpaired) electrons. The van der Waals surface area contributed by atoms with E-state index in [1.807, 2.05) is 13.2 Å². The number of rotatable bonds is 9. The summed E-state index contributed by atoms with van der Waals surface area (Å²) < 4.78 is 32.1. The van der Waals surface area contributed by atoms with Gasteiger partial charge in [0.05, 0.1) is 18.1 Å². The third kappa shape index (κ3) is 4.97. The van der Waals surface area contributed by atoms with Crippen LogP contribution in [0, 0.1) is 0 Å². The molecular weight excluding hydrogens is 298 g/mol. The first-order valence-electron chi connectivity index (χ1n) is 6.40. The molecule has 20 heavy (non-hydrogen) atoms. The lowest BCUT2D eigenvalue weighted by molar-refractivity contribution is 0.262. The van der Waals surface area contributed by atoms with Gasteiger partial charge in [-0.2, -0.15) is 11.8 Å². The minimum absolute atomic E-state index is 0.145. The average Bonchev–Trinajstić information content (AvgIpc) is 2.45. The quantitative estimate of drug-likeness (QED) is 0.676. The molecule has 1 aromatic rings. The molecule has 2 N–H and O–H groups in total. The van der Waals surface area contributed by atoms with Crippen molar-refractivity contribution in [1.29, 1.82) is 0 Å². The van der Waals surface area contributed by atoms with Crippen molar-refractivity contribution in [2.75, 3.05) is 25.2 Å². The summed E-state index contributed by atoms with van der Waals surface area (Å²) in [5.41, 5.74) is 0.478. The molecule has 5 nitrogen and oxygen atoms in total. The van der Waals surface area contributed by atoms with Gasteiger partial charge in [0.25, 0.3) is 0 Å². The molecule has 0 aliphatic rings. The predicted molar refractivity (Wildman–Crippen MR) is 81.7 cm³/mol. The van der Waals surface area contributed by atoms with Gasteiger partial charge < -0.3 is 9.84 Å². The van der Waals surface area contributed by atoms with Gasteiger partial charge in [-0.1, -0.05) is 6.92 Å². The first kappa shape index (κ1) is 17.3. The third-order valence-corrected chi connectivity index (χ3v) is 4.64. The Morgan fingerprint density at radius 2 is 2.15 bits per heavy atom. The molecule has 7 heteroatoms. The molecule has 1 rings (SSSR count). The summed E-state index contributed by atoms with van der Waals surface area (Å²) >= 11 is 1.57. The fourth-order valence-electron chi connectivity index (χ4n) is 1.56. The summed E-state index contributed by atoms with van der Waals surface area (Å²) in [7, 11) is -3.53. The molecule has 0 aliphatic heterocycles. The maximum atomic E-state index is 12.1. The van der Waals surface area contributed by atoms with Crippen molar-refractivity contribution in [2.24, 2.45) is 0 Å². The number of benzene rings is 1. The normalized spacial score (nSPS) is 11.6. The maximum Gasteiger partial charge on any atom is 0.240 e. The molecule has 0 fully saturated rings. The van der Waals surface area contributed by atoms with Gasteiger partial charge in [-0.3, -0.25) is 0 Å². The third-order valence-electron chi connectivity index (χ3n) is 2.57. The van der Waals surface area contributed by atoms with Crippen molar-refractivity contribution in [3.8, 4) is 5.75 Å². The minimum Gasteiger partial charge on any atom is -0.493 e. The molecule has 0 amide bonds. The Balaban J connectivity index is 2.91. The highest BCUT2D eigenvalue weighted by molar-refractivity contribution is 7.98. The molecule has 0 bridgehead atoms. The Morgan fingerprint density at radius 3 is 2.75 bits per heavy atom. The van der Waals surface area contributed by atoms with Gasteiger partial charge >= 0.3 is 0 Å². The molecule has 114 valence electrons. The van der Waals surface area contributed by atoms with E-state index in [2.05, 4.69) is 4.72 Å². The zero-order chi connectivity index (χ0) is 15.0. The second-order valence-electron chi connectivity index (χ2n) is 4.17. The number of ether oxygens (including phenoxy) is 1. The van der Waals surface area contributed by atoms with E-state index >= 15 is 0 Å². The first-order valence-corrected chi connectivity index (χ1v) is 9.28. The van der Waals surface area contributed by atoms with Gasteiger partial charge in [0.15, 0.2) is 0 Å². The maximum absolute atomic E-state index is 12.1. The van der Waals surface area contributed by atoms with Crippen LogP contribution in [0.2, 0.25) is 0 Å². The van der Waals surface area contributed by atoms with Crippen molar-refractivity contribution < 1.29 is 18.3 Å². The molecule has 0 saturated heterocycles. The fraction of sp³-hybridized carbons (Fsp3) is 0.538. The van der Waals surface area contributed by atoms with Crippen molar-refractivity contribution in [3.63, 3.8) is 0 Å². The molecule has 0 atom stereocenters. The highest BCUT2D eigenvalue weighted by atomic mass is 32.2. The Hall–Kier alpha value is -0.760. The van der Waals surface area contributed by atoms with Gasteiger partial charge in [0, 0.05) is 17.9 Å². The minimum atomic E-state index is -3.53. The van der Waals surface area contributed by atoms with Gasteiger partial charge in [0.2, 0.25) is 10.0 Å². The van der Waals surface area contributed by atoms with Crippen LogP contribution in [-0.4, -0.2) is 38.7 Å². The van der Waals surface area contributed by atoms with Crippen molar-refractivity contribution in [3.05, 3.63) is 23.8 Å². The molecule has 0 unspecified atom stereocenters. The predicted octanol–water partition coefficient (Wildman–Crippen LogP) is 1.61. The number of hydrogen-bond acceptors (Lipinski definition) is 5. The van der Waals surface area contributed by atoms with Crippen molar-refractivity contribution >= 4 is 21.8 Å². The zero-order valence-corrected chi connectivity index (χ0v) is 13.4. The van der Waals surface area contributed by atoms with Crippen LogP contribution in [0.15, 0.2) is 23.1 Å². The van der Waals surface area contributed by atoms with E-state index in [1.54, 1.807) is 17.8 Å². The van der Waals surface area contributed by atoms with Crippen LogP contribution in [0.25, 0.3) is 0 Å². The van der Waals surface area contributed by atoms with E-state index in [0.29, 0.717) is 30.2 Å². The summed E-state index contributed by atoms with van der Waals surface area (Å²) in [6.45, 7) is 2.64. The van der Waals surface area contributed by atoms with E-state index in [0.717, 1.165) is 6.42 Å². The monoisotopic (exact) mass is 319 g/mol. The van der Waals surface area contributed by atoms with Gasteiger partial charge in [0.1, 0.15) is 5.75 Å². The Bertz CT molecular complexity index is 517. The highest BCUT2D eigenvalue weighted by Gasteiger charge is 2.15. The van der Waals surface area contributed by atoms with Crippen molar-refractivity contribution in [1.82, 2.24) is 4.72 Å². The summed E-state index contributed by atoms with van der Waals surface area (Å²) in [6, 6.07) is 4.53. The number of sulfonamides is 1. The van der Waals surface area contributed by atoms with E-state index in [-0.39, 0.29) is 11.5 Å². The van der Waals surface area contributed by atoms with Crippen LogP contribution in [0.4, 0.5) is 0 Å². The number of aliphatic hydroxyl groups is 1. The Labute approximate surface area is 124 Å². The highest BCUT2D eigenvalue weighted by Crippen LogP contribution is 2.23. The van der Waals surface area contributed by atoms with Crippen molar-refractivity contribution in [2.45, 2.75) is 24.8 Å². The fourth-order valence-corrected chi connectivity index (χ4v) is 3.08. The SMILES string of the molecule is CCCOc1ccc(S(=O)(=O)NCCSC)cc1CO. The number of thioether (sulfide) groups is 1. The van der Waals surface area contributed by atoms with E-state index < -0.39 is 10.0 Å². The van der Waals surface area contributed by atoms with E-state index in [9.17, 15) is 13.5 Å². The number of nitrogens with one attached hydrogen (secondary N) is 1. The smallest absolute Gasteiger partial charge is 0.240 e. The van der Waals surface area contributed by atoms with E-state index in [4.69, 9.17) is 4.74 Å². The van der Waals surface area contributed by atoms with Crippen LogP contribution in [0.5, 0.6) is 5.75 Å². The van der Waals surface area contributed by atoms with Gasteiger partial charge in [-0.15, -0.1) is 0 Å². The molecule has 0 saturated carbocycles. The van der Waals surface area contributed by atoms with Gasteiger partial charge in [-0.25, -0.2) is 13.1 Å². The molecule has 0 heterocycles. The van der Waals surface area contributed by atoms with E-state index in [1.165, 1.54) is 12.1 Å². The summed E-state index contributed by atoms with van der Waals surface area (Å²) in [4.78, 5) is 0.145. The topological polar surface area (TPSA) is 75.6 Å². The lowest BCUT2D eigenvalue weighted by atomic mass is 10.2. The second kappa shape index (κ2) is 8.51. The molecule has 1 aromatic carbocycles. The second-order valence-corrected chi connectivity index (χ2v) is 6.92. The molecular formula is C13H21NO4S2. The molecule has 0 aliphatic carbocycles. The Morgan fingerprint density at radius 1 is 1.40 bits per heavy atom. The van der Waals surface area contributed by atoms with Crippen LogP contribution in [0.1, 0.15) is 18.9 Å². The van der Waals surface area contributed by atoms with Gasteiger partial charge in [-0.05, 0) is 30.9 Å². The first-order chi connectivity index (χ1) is 9.55.